The van der Waals surface area contributed by atoms with Gasteiger partial charge in [0.2, 0.25) is 0 Å². The van der Waals surface area contributed by atoms with Crippen LogP contribution in [0, 0.1) is 0 Å². The summed E-state index contributed by atoms with van der Waals surface area (Å²) in [5.41, 5.74) is 7.25. The highest BCUT2D eigenvalue weighted by Gasteiger charge is 2.24. The van der Waals surface area contributed by atoms with Crippen LogP contribution < -0.4 is 15.8 Å². The molecule has 0 aliphatic heterocycles. The molecule has 2 atom stereocenters. The first-order chi connectivity index (χ1) is 13.3. The van der Waals surface area contributed by atoms with Crippen LogP contribution in [0.25, 0.3) is 0 Å². The van der Waals surface area contributed by atoms with E-state index >= 15 is 0 Å². The van der Waals surface area contributed by atoms with E-state index in [1.807, 2.05) is 32.2 Å². The van der Waals surface area contributed by atoms with Gasteiger partial charge in [0.25, 0.3) is 5.91 Å². The lowest BCUT2D eigenvalue weighted by atomic mass is 9.96. The van der Waals surface area contributed by atoms with Crippen LogP contribution in [0.2, 0.25) is 0 Å². The summed E-state index contributed by atoms with van der Waals surface area (Å²) in [7, 11) is 1.32. The molecule has 0 bridgehead atoms. The minimum absolute atomic E-state index is 0.0294. The molecular weight excluding hydrogens is 396 g/mol. The predicted molar refractivity (Wildman–Crippen MR) is 119 cm³/mol. The fourth-order valence-electron chi connectivity index (χ4n) is 2.61. The van der Waals surface area contributed by atoms with Crippen molar-refractivity contribution in [2.75, 3.05) is 31.5 Å². The van der Waals surface area contributed by atoms with E-state index < -0.39 is 12.0 Å². The molecule has 1 rings (SSSR count). The molecule has 1 aromatic carbocycles. The molecule has 28 heavy (non-hydrogen) atoms. The molecule has 0 heterocycles. The molecule has 0 radical (unpaired) electrons. The highest BCUT2D eigenvalue weighted by atomic mass is 32.2. The number of esters is 1. The summed E-state index contributed by atoms with van der Waals surface area (Å²) in [4.78, 5) is 24.9. The summed E-state index contributed by atoms with van der Waals surface area (Å²) in [6.07, 6.45) is 3.14. The normalized spacial score (nSPS) is 13.1. The fourth-order valence-corrected chi connectivity index (χ4v) is 3.26. The van der Waals surface area contributed by atoms with Gasteiger partial charge in [0.15, 0.2) is 0 Å². The average molecular weight is 429 g/mol. The van der Waals surface area contributed by atoms with Crippen molar-refractivity contribution in [1.82, 2.24) is 5.32 Å². The van der Waals surface area contributed by atoms with Gasteiger partial charge in [0.05, 0.1) is 13.7 Å². The van der Waals surface area contributed by atoms with Crippen LogP contribution in [0.15, 0.2) is 18.2 Å². The molecule has 1 aromatic rings. The lowest BCUT2D eigenvalue weighted by Crippen LogP contribution is -2.42. The van der Waals surface area contributed by atoms with E-state index in [0.29, 0.717) is 36.5 Å². The van der Waals surface area contributed by atoms with Crippen molar-refractivity contribution in [3.63, 3.8) is 0 Å². The minimum Gasteiger partial charge on any atom is -0.494 e. The van der Waals surface area contributed by atoms with Gasteiger partial charge in [-0.3, -0.25) is 4.79 Å². The monoisotopic (exact) mass is 428 g/mol. The molecule has 1 amide bonds. The Bertz CT molecular complexity index is 641. The first kappa shape index (κ1) is 24.7. The molecule has 2 unspecified atom stereocenters. The predicted octanol–water partition coefficient (Wildman–Crippen LogP) is 2.86. The zero-order chi connectivity index (χ0) is 21.1. The van der Waals surface area contributed by atoms with Crippen LogP contribution >= 0.6 is 24.4 Å². The van der Waals surface area contributed by atoms with Gasteiger partial charge in [0, 0.05) is 17.4 Å². The molecule has 0 saturated heterocycles. The van der Waals surface area contributed by atoms with E-state index in [1.54, 1.807) is 17.8 Å². The van der Waals surface area contributed by atoms with E-state index in [2.05, 4.69) is 17.9 Å². The molecule has 0 aliphatic carbocycles. The molecule has 0 saturated carbocycles. The van der Waals surface area contributed by atoms with Crippen LogP contribution in [0.4, 0.5) is 0 Å². The number of hydrogen-bond acceptors (Lipinski definition) is 7. The van der Waals surface area contributed by atoms with Gasteiger partial charge in [-0.05, 0) is 48.5 Å². The van der Waals surface area contributed by atoms with Crippen LogP contribution in [-0.4, -0.2) is 55.4 Å². The molecule has 0 fully saturated rings. The summed E-state index contributed by atoms with van der Waals surface area (Å²) in [5, 5.41) is 2.81. The Balaban J connectivity index is 2.98. The van der Waals surface area contributed by atoms with Gasteiger partial charge in [-0.15, -0.1) is 0 Å². The number of ether oxygens (including phenoxy) is 2. The summed E-state index contributed by atoms with van der Waals surface area (Å²) >= 11 is 5.77. The number of methoxy groups -OCH3 is 1. The number of hydrogen-bond donors (Lipinski definition) is 3. The van der Waals surface area contributed by atoms with E-state index in [0.717, 1.165) is 11.3 Å². The van der Waals surface area contributed by atoms with Crippen molar-refractivity contribution in [3.8, 4) is 5.75 Å². The van der Waals surface area contributed by atoms with Crippen LogP contribution in [0.3, 0.4) is 0 Å². The number of nitrogens with one attached hydrogen (secondary N) is 1. The standard InChI is InChI=1S/C20H32N2O4S2/c1-13(2)16-6-5-15(26-9-7-14(21)12-27)11-17(16)19(23)22-18(8-10-28-4)20(24)25-3/h5-6,11,13-14,18,27H,7-10,12,21H2,1-4H3,(H,22,23). The smallest absolute Gasteiger partial charge is 0.328 e. The van der Waals surface area contributed by atoms with Gasteiger partial charge >= 0.3 is 5.97 Å². The zero-order valence-corrected chi connectivity index (χ0v) is 18.8. The van der Waals surface area contributed by atoms with Crippen molar-refractivity contribution in [1.29, 1.82) is 0 Å². The van der Waals surface area contributed by atoms with Crippen LogP contribution in [0.5, 0.6) is 5.75 Å². The molecule has 0 spiro atoms. The summed E-state index contributed by atoms with van der Waals surface area (Å²) < 4.78 is 10.6. The fraction of sp³-hybridized carbons (Fsp3) is 0.600. The highest BCUT2D eigenvalue weighted by molar-refractivity contribution is 7.98. The zero-order valence-electron chi connectivity index (χ0n) is 17.1. The van der Waals surface area contributed by atoms with Gasteiger partial charge in [0.1, 0.15) is 11.8 Å². The SMILES string of the molecule is COC(=O)C(CCSC)NC(=O)c1cc(OCCC(N)CS)ccc1C(C)C. The maximum atomic E-state index is 12.9. The molecule has 3 N–H and O–H groups in total. The third-order valence-corrected chi connectivity index (χ3v) is 5.40. The second-order valence-corrected chi connectivity index (χ2v) is 8.16. The van der Waals surface area contributed by atoms with E-state index in [1.165, 1.54) is 7.11 Å². The Kier molecular flexibility index (Phi) is 11.4. The van der Waals surface area contributed by atoms with Crippen molar-refractivity contribution in [3.05, 3.63) is 29.3 Å². The molecule has 0 aliphatic rings. The molecule has 158 valence electrons. The van der Waals surface area contributed by atoms with E-state index in [9.17, 15) is 9.59 Å². The number of thioether (sulfide) groups is 1. The van der Waals surface area contributed by atoms with Crippen molar-refractivity contribution in [2.24, 2.45) is 5.73 Å². The summed E-state index contributed by atoms with van der Waals surface area (Å²) in [6.45, 7) is 4.48. The first-order valence-electron chi connectivity index (χ1n) is 9.34. The second kappa shape index (κ2) is 13.0. The Morgan fingerprint density at radius 3 is 2.57 bits per heavy atom. The van der Waals surface area contributed by atoms with Gasteiger partial charge in [-0.1, -0.05) is 19.9 Å². The maximum Gasteiger partial charge on any atom is 0.328 e. The highest BCUT2D eigenvalue weighted by Crippen LogP contribution is 2.25. The summed E-state index contributed by atoms with van der Waals surface area (Å²) in [6, 6.07) is 4.76. The lowest BCUT2D eigenvalue weighted by Gasteiger charge is -2.19. The third kappa shape index (κ3) is 7.93. The number of rotatable bonds is 12. The first-order valence-corrected chi connectivity index (χ1v) is 11.4. The van der Waals surface area contributed by atoms with Gasteiger partial charge in [-0.2, -0.15) is 24.4 Å². The number of carbonyl (C=O) groups is 2. The minimum atomic E-state index is -0.678. The Labute approximate surface area is 177 Å². The Hall–Kier alpha value is -1.38. The molecule has 0 aromatic heterocycles. The van der Waals surface area contributed by atoms with E-state index in [4.69, 9.17) is 15.2 Å². The molecular formula is C20H32N2O4S2. The lowest BCUT2D eigenvalue weighted by molar-refractivity contribution is -0.142. The Morgan fingerprint density at radius 2 is 2.00 bits per heavy atom. The van der Waals surface area contributed by atoms with E-state index in [-0.39, 0.29) is 17.9 Å². The number of carbonyl (C=O) groups excluding carboxylic acids is 2. The molecule has 6 nitrogen and oxygen atoms in total. The number of nitrogens with two attached hydrogens (primary N) is 1. The number of thiol groups is 1. The van der Waals surface area contributed by atoms with Crippen LogP contribution in [0.1, 0.15) is 48.5 Å². The maximum absolute atomic E-state index is 12.9. The third-order valence-electron chi connectivity index (χ3n) is 4.28. The quantitative estimate of drug-likeness (QED) is 0.350. The van der Waals surface area contributed by atoms with Crippen molar-refractivity contribution in [2.45, 2.75) is 44.7 Å². The van der Waals surface area contributed by atoms with Crippen molar-refractivity contribution < 1.29 is 19.1 Å². The number of amides is 1. The number of benzene rings is 1. The second-order valence-electron chi connectivity index (χ2n) is 6.81. The van der Waals surface area contributed by atoms with Gasteiger partial charge in [-0.25, -0.2) is 4.79 Å². The van der Waals surface area contributed by atoms with Crippen LogP contribution in [-0.2, 0) is 9.53 Å². The topological polar surface area (TPSA) is 90.6 Å². The average Bonchev–Trinajstić information content (AvgIpc) is 2.69. The Morgan fingerprint density at radius 1 is 1.29 bits per heavy atom. The largest absolute Gasteiger partial charge is 0.494 e. The molecule has 8 heteroatoms. The van der Waals surface area contributed by atoms with Gasteiger partial charge < -0.3 is 20.5 Å². The van der Waals surface area contributed by atoms with Crippen molar-refractivity contribution >= 4 is 36.3 Å². The summed E-state index contributed by atoms with van der Waals surface area (Å²) in [5.74, 6) is 1.33.